The van der Waals surface area contributed by atoms with Crippen molar-refractivity contribution < 1.29 is 9.21 Å². The fourth-order valence-electron chi connectivity index (χ4n) is 2.38. The quantitative estimate of drug-likeness (QED) is 0.552. The van der Waals surface area contributed by atoms with Crippen LogP contribution < -0.4 is 5.32 Å². The van der Waals surface area contributed by atoms with Crippen molar-refractivity contribution in [3.05, 3.63) is 83.6 Å². The number of nitriles is 1. The number of para-hydroxylation sites is 1. The zero-order valence-corrected chi connectivity index (χ0v) is 13.7. The van der Waals surface area contributed by atoms with Gasteiger partial charge in [-0.15, -0.1) is 0 Å². The van der Waals surface area contributed by atoms with Crippen LogP contribution in [-0.4, -0.2) is 5.91 Å². The van der Waals surface area contributed by atoms with Crippen LogP contribution in [0.1, 0.15) is 11.3 Å². The van der Waals surface area contributed by atoms with E-state index in [-0.39, 0.29) is 5.57 Å². The molecule has 4 nitrogen and oxygen atoms in total. The Hall–Kier alpha value is -3.58. The lowest BCUT2D eigenvalue weighted by atomic mass is 10.1. The Morgan fingerprint density at radius 3 is 2.48 bits per heavy atom. The zero-order chi connectivity index (χ0) is 17.6. The van der Waals surface area contributed by atoms with Gasteiger partial charge >= 0.3 is 0 Å². The first-order valence-corrected chi connectivity index (χ1v) is 7.81. The Labute approximate surface area is 146 Å². The fraction of sp³-hybridized carbons (Fsp3) is 0.0476. The van der Waals surface area contributed by atoms with Gasteiger partial charge in [0.05, 0.1) is 0 Å². The maximum absolute atomic E-state index is 12.3. The van der Waals surface area contributed by atoms with Crippen molar-refractivity contribution >= 4 is 17.7 Å². The molecule has 0 spiro atoms. The molecule has 0 bridgehead atoms. The first kappa shape index (κ1) is 16.3. The average Bonchev–Trinajstić information content (AvgIpc) is 3.11. The number of carbonyl (C=O) groups excluding carboxylic acids is 1. The molecule has 1 aromatic heterocycles. The first-order valence-electron chi connectivity index (χ1n) is 7.81. The number of benzene rings is 2. The SMILES string of the molecule is Cc1ccccc1NC(=O)/C(C#N)=C\c1ccc(-c2ccccc2)o1. The van der Waals surface area contributed by atoms with Crippen molar-refractivity contribution in [2.75, 3.05) is 5.32 Å². The molecule has 0 aliphatic rings. The molecule has 122 valence electrons. The number of amides is 1. The number of hydrogen-bond acceptors (Lipinski definition) is 3. The highest BCUT2D eigenvalue weighted by Crippen LogP contribution is 2.23. The summed E-state index contributed by atoms with van der Waals surface area (Å²) >= 11 is 0. The van der Waals surface area contributed by atoms with Crippen molar-refractivity contribution in [3.8, 4) is 17.4 Å². The number of hydrogen-bond donors (Lipinski definition) is 1. The third kappa shape index (κ3) is 3.85. The smallest absolute Gasteiger partial charge is 0.266 e. The van der Waals surface area contributed by atoms with Crippen LogP contribution in [0, 0.1) is 18.3 Å². The molecule has 4 heteroatoms. The van der Waals surface area contributed by atoms with Crippen molar-refractivity contribution in [2.24, 2.45) is 0 Å². The van der Waals surface area contributed by atoms with Gasteiger partial charge in [-0.1, -0.05) is 48.5 Å². The van der Waals surface area contributed by atoms with E-state index in [1.807, 2.05) is 67.6 Å². The molecule has 0 saturated carbocycles. The number of carbonyl (C=O) groups is 1. The molecule has 0 aliphatic heterocycles. The summed E-state index contributed by atoms with van der Waals surface area (Å²) in [5.41, 5.74) is 2.53. The molecule has 0 atom stereocenters. The summed E-state index contributed by atoms with van der Waals surface area (Å²) in [7, 11) is 0. The second-order valence-electron chi connectivity index (χ2n) is 5.51. The lowest BCUT2D eigenvalue weighted by Gasteiger charge is -2.06. The van der Waals surface area contributed by atoms with E-state index in [9.17, 15) is 10.1 Å². The number of furan rings is 1. The Morgan fingerprint density at radius 2 is 1.76 bits per heavy atom. The molecule has 0 radical (unpaired) electrons. The molecule has 25 heavy (non-hydrogen) atoms. The minimum atomic E-state index is -0.463. The van der Waals surface area contributed by atoms with Gasteiger partial charge in [0, 0.05) is 17.3 Å². The topological polar surface area (TPSA) is 66.0 Å². The first-order chi connectivity index (χ1) is 12.2. The van der Waals surface area contributed by atoms with Gasteiger partial charge in [0.25, 0.3) is 5.91 Å². The molecular weight excluding hydrogens is 312 g/mol. The van der Waals surface area contributed by atoms with Gasteiger partial charge in [-0.25, -0.2) is 0 Å². The molecule has 0 unspecified atom stereocenters. The summed E-state index contributed by atoms with van der Waals surface area (Å²) in [6.07, 6.45) is 1.44. The number of nitrogens with one attached hydrogen (secondary N) is 1. The van der Waals surface area contributed by atoms with Crippen LogP contribution in [-0.2, 0) is 4.79 Å². The number of rotatable bonds is 4. The predicted octanol–water partition coefficient (Wildman–Crippen LogP) is 4.80. The van der Waals surface area contributed by atoms with Crippen molar-refractivity contribution in [2.45, 2.75) is 6.92 Å². The van der Waals surface area contributed by atoms with E-state index in [4.69, 9.17) is 4.42 Å². The standard InChI is InChI=1S/C21H16N2O2/c1-15-7-5-6-10-19(15)23-21(24)17(14-22)13-18-11-12-20(25-18)16-8-3-2-4-9-16/h2-13H,1H3,(H,23,24)/b17-13-. The zero-order valence-electron chi connectivity index (χ0n) is 13.7. The molecule has 1 heterocycles. The van der Waals surface area contributed by atoms with Crippen LogP contribution >= 0.6 is 0 Å². The maximum Gasteiger partial charge on any atom is 0.266 e. The highest BCUT2D eigenvalue weighted by Gasteiger charge is 2.12. The van der Waals surface area contributed by atoms with Crippen LogP contribution in [0.4, 0.5) is 5.69 Å². The molecule has 3 aromatic rings. The number of nitrogens with zero attached hydrogens (tertiary/aromatic N) is 1. The summed E-state index contributed by atoms with van der Waals surface area (Å²) in [4.78, 5) is 12.3. The Kier molecular flexibility index (Phi) is 4.77. The van der Waals surface area contributed by atoms with Gasteiger partial charge in [-0.2, -0.15) is 5.26 Å². The monoisotopic (exact) mass is 328 g/mol. The molecular formula is C21H16N2O2. The van der Waals surface area contributed by atoms with E-state index in [2.05, 4.69) is 5.32 Å². The van der Waals surface area contributed by atoms with Gasteiger partial charge < -0.3 is 9.73 Å². The van der Waals surface area contributed by atoms with Crippen molar-refractivity contribution in [1.29, 1.82) is 5.26 Å². The van der Waals surface area contributed by atoms with Gasteiger partial charge in [0.2, 0.25) is 0 Å². The summed E-state index contributed by atoms with van der Waals surface area (Å²) in [6, 6.07) is 22.5. The average molecular weight is 328 g/mol. The highest BCUT2D eigenvalue weighted by atomic mass is 16.3. The lowest BCUT2D eigenvalue weighted by Crippen LogP contribution is -2.14. The van der Waals surface area contributed by atoms with Crippen molar-refractivity contribution in [3.63, 3.8) is 0 Å². The minimum Gasteiger partial charge on any atom is -0.457 e. The van der Waals surface area contributed by atoms with E-state index in [1.54, 1.807) is 12.1 Å². The molecule has 2 aromatic carbocycles. The maximum atomic E-state index is 12.3. The van der Waals surface area contributed by atoms with E-state index in [0.29, 0.717) is 17.2 Å². The molecule has 3 rings (SSSR count). The Bertz CT molecular complexity index is 963. The molecule has 1 N–H and O–H groups in total. The molecule has 0 aliphatic carbocycles. The summed E-state index contributed by atoms with van der Waals surface area (Å²) in [5.74, 6) is 0.674. The third-order valence-electron chi connectivity index (χ3n) is 3.73. The summed E-state index contributed by atoms with van der Waals surface area (Å²) < 4.78 is 5.72. The second-order valence-corrected chi connectivity index (χ2v) is 5.51. The second kappa shape index (κ2) is 7.33. The van der Waals surface area contributed by atoms with Gasteiger partial charge in [0.1, 0.15) is 23.2 Å². The van der Waals surface area contributed by atoms with E-state index in [0.717, 1.165) is 11.1 Å². The molecule has 0 fully saturated rings. The van der Waals surface area contributed by atoms with Crippen LogP contribution in [0.25, 0.3) is 17.4 Å². The van der Waals surface area contributed by atoms with Crippen LogP contribution in [0.2, 0.25) is 0 Å². The highest BCUT2D eigenvalue weighted by molar-refractivity contribution is 6.09. The van der Waals surface area contributed by atoms with Gasteiger partial charge in [-0.3, -0.25) is 4.79 Å². The lowest BCUT2D eigenvalue weighted by molar-refractivity contribution is -0.112. The van der Waals surface area contributed by atoms with Crippen molar-refractivity contribution in [1.82, 2.24) is 0 Å². The summed E-state index contributed by atoms with van der Waals surface area (Å²) in [6.45, 7) is 1.89. The normalized spacial score (nSPS) is 11.0. The van der Waals surface area contributed by atoms with E-state index >= 15 is 0 Å². The summed E-state index contributed by atoms with van der Waals surface area (Å²) in [5, 5.41) is 12.1. The number of anilines is 1. The van der Waals surface area contributed by atoms with Crippen LogP contribution in [0.5, 0.6) is 0 Å². The van der Waals surface area contributed by atoms with Crippen LogP contribution in [0.3, 0.4) is 0 Å². The number of aryl methyl sites for hydroxylation is 1. The largest absolute Gasteiger partial charge is 0.457 e. The minimum absolute atomic E-state index is 0.0165. The Morgan fingerprint density at radius 1 is 1.04 bits per heavy atom. The van der Waals surface area contributed by atoms with Gasteiger partial charge in [-0.05, 0) is 30.7 Å². The van der Waals surface area contributed by atoms with E-state index in [1.165, 1.54) is 6.08 Å². The third-order valence-corrected chi connectivity index (χ3v) is 3.73. The van der Waals surface area contributed by atoms with Gasteiger partial charge in [0.15, 0.2) is 0 Å². The Balaban J connectivity index is 1.81. The van der Waals surface area contributed by atoms with Crippen LogP contribution in [0.15, 0.2) is 76.7 Å². The molecule has 1 amide bonds. The molecule has 0 saturated heterocycles. The van der Waals surface area contributed by atoms with E-state index < -0.39 is 5.91 Å². The predicted molar refractivity (Wildman–Crippen MR) is 97.5 cm³/mol. The fourth-order valence-corrected chi connectivity index (χ4v) is 2.38.